The fraction of sp³-hybridized carbons (Fsp3) is 0.190. The minimum Gasteiger partial charge on any atom is -0.484 e. The molecule has 3 rings (SSSR count). The molecule has 144 valence electrons. The Morgan fingerprint density at radius 2 is 1.64 bits per heavy atom. The zero-order valence-corrected chi connectivity index (χ0v) is 15.6. The number of ketones is 1. The lowest BCUT2D eigenvalue weighted by Gasteiger charge is -2.12. The van der Waals surface area contributed by atoms with Gasteiger partial charge >= 0.3 is 0 Å². The highest BCUT2D eigenvalue weighted by Crippen LogP contribution is 2.17. The number of carbonyl (C=O) groups excluding carboxylic acids is 2. The van der Waals surface area contributed by atoms with E-state index in [0.29, 0.717) is 22.7 Å². The van der Waals surface area contributed by atoms with E-state index >= 15 is 0 Å². The number of hydrogen-bond acceptors (Lipinski definition) is 4. The van der Waals surface area contributed by atoms with Gasteiger partial charge < -0.3 is 10.1 Å². The molecule has 1 heterocycles. The van der Waals surface area contributed by atoms with E-state index in [2.05, 4.69) is 10.4 Å². The fourth-order valence-electron chi connectivity index (χ4n) is 2.62. The number of nitrogens with one attached hydrogen (secondary N) is 1. The summed E-state index contributed by atoms with van der Waals surface area (Å²) in [6, 6.07) is 13.6. The van der Waals surface area contributed by atoms with Crippen LogP contribution in [0.4, 0.5) is 10.2 Å². The molecule has 1 N–H and O–H groups in total. The predicted octanol–water partition coefficient (Wildman–Crippen LogP) is 3.85. The standard InChI is InChI=1S/C21H20FN3O3/c1-14(2)25-19(11-12-23-25)24-20(26)13-28-18-9-5-16(6-10-18)21(27)15-3-7-17(22)8-4-15/h3-12,14H,13H2,1-2H3,(H,24,26). The van der Waals surface area contributed by atoms with Gasteiger partial charge in [0.1, 0.15) is 17.4 Å². The summed E-state index contributed by atoms with van der Waals surface area (Å²) in [5, 5.41) is 6.90. The van der Waals surface area contributed by atoms with Gasteiger partial charge in [0.15, 0.2) is 12.4 Å². The third kappa shape index (κ3) is 4.62. The Morgan fingerprint density at radius 1 is 1.04 bits per heavy atom. The van der Waals surface area contributed by atoms with Crippen LogP contribution in [0.1, 0.15) is 35.8 Å². The molecular weight excluding hydrogens is 361 g/mol. The van der Waals surface area contributed by atoms with Crippen molar-refractivity contribution in [2.45, 2.75) is 19.9 Å². The third-order valence-corrected chi connectivity index (χ3v) is 4.02. The number of anilines is 1. The number of benzene rings is 2. The van der Waals surface area contributed by atoms with Gasteiger partial charge in [0.05, 0.1) is 6.20 Å². The highest BCUT2D eigenvalue weighted by molar-refractivity contribution is 6.09. The zero-order valence-electron chi connectivity index (χ0n) is 15.6. The summed E-state index contributed by atoms with van der Waals surface area (Å²) < 4.78 is 20.1. The summed E-state index contributed by atoms with van der Waals surface area (Å²) in [6.45, 7) is 3.76. The molecular formula is C21H20FN3O3. The van der Waals surface area contributed by atoms with Crippen molar-refractivity contribution < 1.29 is 18.7 Å². The maximum absolute atomic E-state index is 13.0. The SMILES string of the molecule is CC(C)n1nccc1NC(=O)COc1ccc(C(=O)c2ccc(F)cc2)cc1. The number of halogens is 1. The topological polar surface area (TPSA) is 73.2 Å². The summed E-state index contributed by atoms with van der Waals surface area (Å²) >= 11 is 0. The minimum absolute atomic E-state index is 0.123. The number of rotatable bonds is 7. The molecule has 28 heavy (non-hydrogen) atoms. The molecule has 7 heteroatoms. The van der Waals surface area contributed by atoms with Crippen LogP contribution in [0.3, 0.4) is 0 Å². The number of hydrogen-bond donors (Lipinski definition) is 1. The van der Waals surface area contributed by atoms with Crippen molar-refractivity contribution in [1.82, 2.24) is 9.78 Å². The first-order chi connectivity index (χ1) is 13.4. The molecule has 0 fully saturated rings. The predicted molar refractivity (Wildman–Crippen MR) is 103 cm³/mol. The van der Waals surface area contributed by atoms with E-state index in [0.717, 1.165) is 0 Å². The van der Waals surface area contributed by atoms with Gasteiger partial charge in [-0.1, -0.05) is 0 Å². The summed E-state index contributed by atoms with van der Waals surface area (Å²) in [4.78, 5) is 24.4. The molecule has 0 spiro atoms. The molecule has 0 aliphatic rings. The van der Waals surface area contributed by atoms with E-state index in [9.17, 15) is 14.0 Å². The van der Waals surface area contributed by atoms with E-state index in [-0.39, 0.29) is 24.3 Å². The molecule has 0 radical (unpaired) electrons. The zero-order chi connectivity index (χ0) is 20.1. The van der Waals surface area contributed by atoms with Gasteiger partial charge in [0.2, 0.25) is 0 Å². The maximum Gasteiger partial charge on any atom is 0.263 e. The second-order valence-electron chi connectivity index (χ2n) is 6.45. The Bertz CT molecular complexity index is 963. The molecule has 0 atom stereocenters. The van der Waals surface area contributed by atoms with Crippen LogP contribution in [0.5, 0.6) is 5.75 Å². The number of amides is 1. The van der Waals surface area contributed by atoms with Crippen LogP contribution in [0, 0.1) is 5.82 Å². The van der Waals surface area contributed by atoms with E-state index < -0.39 is 5.82 Å². The van der Waals surface area contributed by atoms with Crippen LogP contribution in [0.2, 0.25) is 0 Å². The Balaban J connectivity index is 1.57. The fourth-order valence-corrected chi connectivity index (χ4v) is 2.62. The monoisotopic (exact) mass is 381 g/mol. The molecule has 1 amide bonds. The van der Waals surface area contributed by atoms with Crippen LogP contribution < -0.4 is 10.1 Å². The first kappa shape index (κ1) is 19.3. The van der Waals surface area contributed by atoms with Gasteiger partial charge in [-0.25, -0.2) is 9.07 Å². The number of ether oxygens (including phenoxy) is 1. The molecule has 0 saturated carbocycles. The average molecular weight is 381 g/mol. The molecule has 0 bridgehead atoms. The van der Waals surface area contributed by atoms with Gasteiger partial charge in [-0.15, -0.1) is 0 Å². The molecule has 0 unspecified atom stereocenters. The second-order valence-corrected chi connectivity index (χ2v) is 6.45. The van der Waals surface area contributed by atoms with Crippen LogP contribution >= 0.6 is 0 Å². The van der Waals surface area contributed by atoms with Crippen molar-refractivity contribution in [2.75, 3.05) is 11.9 Å². The Hall–Kier alpha value is -3.48. The van der Waals surface area contributed by atoms with Gasteiger partial charge in [-0.05, 0) is 62.4 Å². The van der Waals surface area contributed by atoms with Crippen LogP contribution in [0.15, 0.2) is 60.8 Å². The molecule has 0 saturated heterocycles. The van der Waals surface area contributed by atoms with E-state index in [1.807, 2.05) is 13.8 Å². The van der Waals surface area contributed by atoms with Crippen molar-refractivity contribution in [1.29, 1.82) is 0 Å². The van der Waals surface area contributed by atoms with Gasteiger partial charge in [0, 0.05) is 23.2 Å². The summed E-state index contributed by atoms with van der Waals surface area (Å²) in [5.74, 6) is 0.141. The van der Waals surface area contributed by atoms with Crippen molar-refractivity contribution in [3.8, 4) is 5.75 Å². The van der Waals surface area contributed by atoms with Crippen molar-refractivity contribution in [2.24, 2.45) is 0 Å². The van der Waals surface area contributed by atoms with E-state index in [4.69, 9.17) is 4.74 Å². The largest absolute Gasteiger partial charge is 0.484 e. The average Bonchev–Trinajstić information content (AvgIpc) is 3.15. The maximum atomic E-state index is 13.0. The van der Waals surface area contributed by atoms with E-state index in [1.165, 1.54) is 24.3 Å². The van der Waals surface area contributed by atoms with Crippen molar-refractivity contribution >= 4 is 17.5 Å². The van der Waals surface area contributed by atoms with Gasteiger partial charge in [0.25, 0.3) is 5.91 Å². The second kappa shape index (κ2) is 8.47. The highest BCUT2D eigenvalue weighted by Gasteiger charge is 2.11. The lowest BCUT2D eigenvalue weighted by Crippen LogP contribution is -2.22. The van der Waals surface area contributed by atoms with Crippen molar-refractivity contribution in [3.05, 3.63) is 77.7 Å². The molecule has 3 aromatic rings. The molecule has 1 aromatic heterocycles. The quantitative estimate of drug-likeness (QED) is 0.631. The Labute approximate surface area is 161 Å². The molecule has 0 aliphatic carbocycles. The first-order valence-electron chi connectivity index (χ1n) is 8.80. The van der Waals surface area contributed by atoms with Crippen molar-refractivity contribution in [3.63, 3.8) is 0 Å². The third-order valence-electron chi connectivity index (χ3n) is 4.02. The van der Waals surface area contributed by atoms with Crippen LogP contribution in [0.25, 0.3) is 0 Å². The minimum atomic E-state index is -0.394. The van der Waals surface area contributed by atoms with E-state index in [1.54, 1.807) is 41.2 Å². The lowest BCUT2D eigenvalue weighted by atomic mass is 10.0. The van der Waals surface area contributed by atoms with Gasteiger partial charge in [-0.2, -0.15) is 5.10 Å². The van der Waals surface area contributed by atoms with Crippen LogP contribution in [-0.4, -0.2) is 28.1 Å². The van der Waals surface area contributed by atoms with Crippen LogP contribution in [-0.2, 0) is 4.79 Å². The molecule has 6 nitrogen and oxygen atoms in total. The summed E-state index contributed by atoms with van der Waals surface area (Å²) in [5.41, 5.74) is 0.848. The number of carbonyl (C=O) groups is 2. The highest BCUT2D eigenvalue weighted by atomic mass is 19.1. The Morgan fingerprint density at radius 3 is 2.25 bits per heavy atom. The first-order valence-corrected chi connectivity index (χ1v) is 8.80. The van der Waals surface area contributed by atoms with Gasteiger partial charge in [-0.3, -0.25) is 9.59 Å². The lowest BCUT2D eigenvalue weighted by molar-refractivity contribution is -0.118. The summed E-state index contributed by atoms with van der Waals surface area (Å²) in [6.07, 6.45) is 1.62. The number of aromatic nitrogens is 2. The summed E-state index contributed by atoms with van der Waals surface area (Å²) in [7, 11) is 0. The smallest absolute Gasteiger partial charge is 0.263 e. The molecule has 2 aromatic carbocycles. The Kier molecular flexibility index (Phi) is 5.84. The number of nitrogens with zero attached hydrogens (tertiary/aromatic N) is 2. The molecule has 0 aliphatic heterocycles. The normalized spacial score (nSPS) is 10.7.